The summed E-state index contributed by atoms with van der Waals surface area (Å²) in [5.74, 6) is -0.630. The molecule has 0 aliphatic carbocycles. The molecule has 0 aliphatic heterocycles. The first kappa shape index (κ1) is 14.7. The van der Waals surface area contributed by atoms with E-state index < -0.39 is 10.7 Å². The first-order chi connectivity index (χ1) is 9.49. The maximum Gasteiger partial charge on any atom is 0.294 e. The lowest BCUT2D eigenvalue weighted by Gasteiger charge is -2.12. The van der Waals surface area contributed by atoms with Gasteiger partial charge in [-0.2, -0.15) is 0 Å². The molecule has 0 saturated heterocycles. The monoisotopic (exact) mass is 315 g/mol. The fraction of sp³-hybridized carbons (Fsp3) is 0.250. The second kappa shape index (κ2) is 6.15. The third-order valence-corrected chi connectivity index (χ3v) is 4.00. The fourth-order valence-electron chi connectivity index (χ4n) is 1.66. The molecule has 0 saturated carbocycles. The van der Waals surface area contributed by atoms with Crippen LogP contribution in [0.15, 0.2) is 23.7 Å². The van der Waals surface area contributed by atoms with E-state index in [2.05, 4.69) is 10.3 Å². The minimum Gasteiger partial charge on any atom is -0.379 e. The molecule has 1 unspecified atom stereocenters. The molecule has 0 aliphatic rings. The number of anilines is 1. The van der Waals surface area contributed by atoms with Gasteiger partial charge >= 0.3 is 0 Å². The van der Waals surface area contributed by atoms with E-state index in [-0.39, 0.29) is 22.3 Å². The zero-order valence-corrected chi connectivity index (χ0v) is 12.0. The number of aromatic nitrogens is 1. The standard InChI is InChI=1S/C12H11ClFN3O2S/c1-7(12-15-2-3-20-12)6-16-10-5-9(14)8(13)4-11(10)17(18)19/h2-5,7,16H,6H2,1H3. The van der Waals surface area contributed by atoms with E-state index in [0.29, 0.717) is 6.54 Å². The predicted octanol–water partition coefficient (Wildman–Crippen LogP) is 4.06. The van der Waals surface area contributed by atoms with Crippen molar-refractivity contribution in [2.24, 2.45) is 0 Å². The number of nitrogens with one attached hydrogen (secondary N) is 1. The van der Waals surface area contributed by atoms with E-state index in [9.17, 15) is 14.5 Å². The van der Waals surface area contributed by atoms with Crippen LogP contribution in [0.3, 0.4) is 0 Å². The third-order valence-electron chi connectivity index (χ3n) is 2.71. The Morgan fingerprint density at radius 2 is 2.35 bits per heavy atom. The van der Waals surface area contributed by atoms with Crippen molar-refractivity contribution in [1.82, 2.24) is 4.98 Å². The van der Waals surface area contributed by atoms with E-state index in [1.807, 2.05) is 12.3 Å². The minimum absolute atomic E-state index is 0.0633. The average Bonchev–Trinajstić information content (AvgIpc) is 2.93. The fourth-order valence-corrected chi connectivity index (χ4v) is 2.51. The van der Waals surface area contributed by atoms with Gasteiger partial charge < -0.3 is 5.32 Å². The maximum atomic E-state index is 13.4. The van der Waals surface area contributed by atoms with E-state index in [1.54, 1.807) is 6.20 Å². The molecule has 1 aromatic carbocycles. The summed E-state index contributed by atoms with van der Waals surface area (Å²) >= 11 is 7.06. The highest BCUT2D eigenvalue weighted by atomic mass is 35.5. The highest BCUT2D eigenvalue weighted by Crippen LogP contribution is 2.31. The molecule has 0 bridgehead atoms. The lowest BCUT2D eigenvalue weighted by atomic mass is 10.2. The van der Waals surface area contributed by atoms with Crippen molar-refractivity contribution in [1.29, 1.82) is 0 Å². The second-order valence-electron chi connectivity index (χ2n) is 4.19. The van der Waals surface area contributed by atoms with Gasteiger partial charge in [0.1, 0.15) is 11.5 Å². The van der Waals surface area contributed by atoms with Crippen molar-refractivity contribution in [3.63, 3.8) is 0 Å². The number of nitrogens with zero attached hydrogens (tertiary/aromatic N) is 2. The summed E-state index contributed by atoms with van der Waals surface area (Å²) in [6.07, 6.45) is 1.70. The van der Waals surface area contributed by atoms with E-state index >= 15 is 0 Å². The van der Waals surface area contributed by atoms with E-state index in [0.717, 1.165) is 17.1 Å². The van der Waals surface area contributed by atoms with Crippen LogP contribution in [0.1, 0.15) is 17.8 Å². The van der Waals surface area contributed by atoms with Crippen molar-refractivity contribution in [2.75, 3.05) is 11.9 Å². The van der Waals surface area contributed by atoms with Crippen LogP contribution in [0, 0.1) is 15.9 Å². The van der Waals surface area contributed by atoms with Gasteiger partial charge in [0, 0.05) is 36.2 Å². The number of thiazole rings is 1. The molecular formula is C12H11ClFN3O2S. The van der Waals surface area contributed by atoms with Gasteiger partial charge in [0.2, 0.25) is 0 Å². The molecule has 2 aromatic rings. The van der Waals surface area contributed by atoms with Gasteiger partial charge in [-0.3, -0.25) is 10.1 Å². The van der Waals surface area contributed by atoms with Crippen molar-refractivity contribution in [2.45, 2.75) is 12.8 Å². The quantitative estimate of drug-likeness (QED) is 0.667. The van der Waals surface area contributed by atoms with Crippen LogP contribution < -0.4 is 5.32 Å². The lowest BCUT2D eigenvalue weighted by Crippen LogP contribution is -2.11. The zero-order chi connectivity index (χ0) is 14.7. The largest absolute Gasteiger partial charge is 0.379 e. The van der Waals surface area contributed by atoms with Crippen LogP contribution in [-0.2, 0) is 0 Å². The molecule has 1 aromatic heterocycles. The first-order valence-corrected chi connectivity index (χ1v) is 7.01. The van der Waals surface area contributed by atoms with Crippen LogP contribution in [0.4, 0.5) is 15.8 Å². The SMILES string of the molecule is CC(CNc1cc(F)c(Cl)cc1[N+](=O)[O-])c1nccs1. The summed E-state index contributed by atoms with van der Waals surface area (Å²) in [6.45, 7) is 2.35. The summed E-state index contributed by atoms with van der Waals surface area (Å²) in [4.78, 5) is 14.5. The number of nitro groups is 1. The van der Waals surface area contributed by atoms with Crippen LogP contribution in [-0.4, -0.2) is 16.5 Å². The summed E-state index contributed by atoms with van der Waals surface area (Å²) in [5.41, 5.74) is -0.136. The molecule has 2 rings (SSSR count). The van der Waals surface area contributed by atoms with Gasteiger partial charge in [0.15, 0.2) is 0 Å². The first-order valence-electron chi connectivity index (χ1n) is 5.75. The topological polar surface area (TPSA) is 68.1 Å². The van der Waals surface area contributed by atoms with E-state index in [1.165, 1.54) is 11.3 Å². The summed E-state index contributed by atoms with van der Waals surface area (Å²) in [6, 6.07) is 2.04. The molecular weight excluding hydrogens is 305 g/mol. The highest BCUT2D eigenvalue weighted by molar-refractivity contribution is 7.09. The van der Waals surface area contributed by atoms with Crippen LogP contribution in [0.25, 0.3) is 0 Å². The maximum absolute atomic E-state index is 13.4. The molecule has 0 radical (unpaired) electrons. The number of benzene rings is 1. The van der Waals surface area contributed by atoms with Crippen LogP contribution >= 0.6 is 22.9 Å². The van der Waals surface area contributed by atoms with Crippen molar-refractivity contribution in [3.05, 3.63) is 49.7 Å². The number of halogens is 2. The zero-order valence-electron chi connectivity index (χ0n) is 10.5. The normalized spacial score (nSPS) is 12.2. The highest BCUT2D eigenvalue weighted by Gasteiger charge is 2.18. The Hall–Kier alpha value is -1.73. The third kappa shape index (κ3) is 3.23. The molecule has 1 atom stereocenters. The molecule has 0 fully saturated rings. The van der Waals surface area contributed by atoms with E-state index in [4.69, 9.17) is 11.6 Å². The lowest BCUT2D eigenvalue weighted by molar-refractivity contribution is -0.384. The minimum atomic E-state index is -0.693. The second-order valence-corrected chi connectivity index (χ2v) is 5.53. The molecule has 0 amide bonds. The van der Waals surface area contributed by atoms with Gasteiger partial charge in [0.05, 0.1) is 15.0 Å². The Balaban J connectivity index is 2.16. The Morgan fingerprint density at radius 3 is 2.95 bits per heavy atom. The Labute approximate surface area is 123 Å². The molecule has 0 spiro atoms. The molecule has 5 nitrogen and oxygen atoms in total. The number of hydrogen-bond donors (Lipinski definition) is 1. The average molecular weight is 316 g/mol. The van der Waals surface area contributed by atoms with Gasteiger partial charge in [-0.25, -0.2) is 9.37 Å². The molecule has 8 heteroatoms. The van der Waals surface area contributed by atoms with Crippen LogP contribution in [0.5, 0.6) is 0 Å². The molecule has 1 N–H and O–H groups in total. The van der Waals surface area contributed by atoms with Gasteiger partial charge in [0.25, 0.3) is 5.69 Å². The van der Waals surface area contributed by atoms with Gasteiger partial charge in [-0.05, 0) is 0 Å². The summed E-state index contributed by atoms with van der Waals surface area (Å²) < 4.78 is 13.4. The number of nitro benzene ring substituents is 1. The Morgan fingerprint density at radius 1 is 1.60 bits per heavy atom. The molecule has 1 heterocycles. The predicted molar refractivity (Wildman–Crippen MR) is 77.1 cm³/mol. The smallest absolute Gasteiger partial charge is 0.294 e. The molecule has 106 valence electrons. The Bertz CT molecular complexity index is 621. The number of hydrogen-bond acceptors (Lipinski definition) is 5. The Kier molecular flexibility index (Phi) is 4.51. The summed E-state index contributed by atoms with van der Waals surface area (Å²) in [7, 11) is 0. The van der Waals surface area contributed by atoms with Crippen molar-refractivity contribution >= 4 is 34.3 Å². The van der Waals surface area contributed by atoms with Gasteiger partial charge in [-0.1, -0.05) is 18.5 Å². The van der Waals surface area contributed by atoms with Gasteiger partial charge in [-0.15, -0.1) is 11.3 Å². The molecule has 20 heavy (non-hydrogen) atoms. The van der Waals surface area contributed by atoms with Crippen molar-refractivity contribution in [3.8, 4) is 0 Å². The van der Waals surface area contributed by atoms with Crippen LogP contribution in [0.2, 0.25) is 5.02 Å². The number of rotatable bonds is 5. The summed E-state index contributed by atoms with van der Waals surface area (Å²) in [5, 5.41) is 16.3. The van der Waals surface area contributed by atoms with Crippen molar-refractivity contribution < 1.29 is 9.31 Å².